The maximum absolute atomic E-state index is 13.5. The Morgan fingerprint density at radius 1 is 1.03 bits per heavy atom. The lowest BCUT2D eigenvalue weighted by atomic mass is 10.1. The second kappa shape index (κ2) is 9.26. The van der Waals surface area contributed by atoms with Crippen LogP contribution in [0.15, 0.2) is 48.7 Å². The number of hydrazine groups is 1. The Hall–Kier alpha value is -3.61. The maximum atomic E-state index is 13.5. The zero-order chi connectivity index (χ0) is 22.4. The molecule has 0 bridgehead atoms. The summed E-state index contributed by atoms with van der Waals surface area (Å²) in [6, 6.07) is 11.8. The quantitative estimate of drug-likeness (QED) is 0.271. The van der Waals surface area contributed by atoms with Crippen molar-refractivity contribution in [3.8, 4) is 12.3 Å². The molecule has 2 N–H and O–H groups in total. The second-order valence-corrected chi connectivity index (χ2v) is 6.20. The second-order valence-electron chi connectivity index (χ2n) is 6.20. The minimum absolute atomic E-state index is 0.179. The first kappa shape index (κ1) is 22.7. The monoisotopic (exact) mass is 423 g/mol. The maximum Gasteiger partial charge on any atom is 0.393 e. The molecule has 1 heterocycles. The summed E-state index contributed by atoms with van der Waals surface area (Å²) in [5.74, 6) is -14.5. The number of hydrogen-bond acceptors (Lipinski definition) is 4. The number of carbonyl (C=O) groups is 2. The number of nitrogens with one attached hydrogen (secondary N) is 2. The fraction of sp³-hybridized carbons (Fsp3) is 0.250. The molecule has 30 heavy (non-hydrogen) atoms. The number of alkyl halides is 4. The summed E-state index contributed by atoms with van der Waals surface area (Å²) in [5, 5.41) is 10.2. The van der Waals surface area contributed by atoms with Gasteiger partial charge in [-0.25, -0.2) is 0 Å². The Labute approximate surface area is 169 Å². The Kier molecular flexibility index (Phi) is 7.00. The van der Waals surface area contributed by atoms with E-state index < -0.39 is 23.7 Å². The highest BCUT2D eigenvalue weighted by Crippen LogP contribution is 2.34. The summed E-state index contributed by atoms with van der Waals surface area (Å²) in [7, 11) is 0. The predicted octanol–water partition coefficient (Wildman–Crippen LogP) is 0.856. The third-order valence-electron chi connectivity index (χ3n) is 4.21. The molecule has 0 spiro atoms. The van der Waals surface area contributed by atoms with Crippen molar-refractivity contribution < 1.29 is 36.8 Å². The van der Waals surface area contributed by atoms with Gasteiger partial charge in [0.2, 0.25) is 6.54 Å². The highest BCUT2D eigenvalue weighted by molar-refractivity contribution is 5.92. The van der Waals surface area contributed by atoms with Crippen LogP contribution in [0.25, 0.3) is 0 Å². The third kappa shape index (κ3) is 4.86. The highest BCUT2D eigenvalue weighted by atomic mass is 19.3. The number of carbonyl (C=O) groups excluding carboxylic acids is 2. The van der Waals surface area contributed by atoms with E-state index in [0.717, 1.165) is 5.69 Å². The van der Waals surface area contributed by atoms with Crippen molar-refractivity contribution in [1.82, 2.24) is 5.43 Å². The molecule has 2 aromatic rings. The van der Waals surface area contributed by atoms with Crippen LogP contribution in [0.4, 0.5) is 23.2 Å². The molecule has 0 aliphatic carbocycles. The number of aromatic nitrogens is 1. The highest BCUT2D eigenvalue weighted by Gasteiger charge is 2.63. The molecule has 1 aromatic carbocycles. The molecule has 10 heteroatoms. The SMILES string of the molecule is C#CC[n+]1ccccc1CCc1ccccc1NNC(=O)C(F)(F)C(F)(F)C(=O)[O-]. The van der Waals surface area contributed by atoms with Crippen LogP contribution in [0.1, 0.15) is 11.3 Å². The third-order valence-corrected chi connectivity index (χ3v) is 4.21. The summed E-state index contributed by atoms with van der Waals surface area (Å²) < 4.78 is 55.0. The molecule has 1 amide bonds. The van der Waals surface area contributed by atoms with E-state index in [1.807, 2.05) is 22.8 Å². The number of amides is 1. The van der Waals surface area contributed by atoms with Gasteiger partial charge >= 0.3 is 17.8 Å². The van der Waals surface area contributed by atoms with Gasteiger partial charge in [0.05, 0.1) is 5.69 Å². The van der Waals surface area contributed by atoms with Crippen molar-refractivity contribution in [2.24, 2.45) is 0 Å². The van der Waals surface area contributed by atoms with Gasteiger partial charge in [0, 0.05) is 18.6 Å². The van der Waals surface area contributed by atoms with E-state index in [1.54, 1.807) is 18.3 Å². The lowest BCUT2D eigenvalue weighted by molar-refractivity contribution is -0.692. The molecule has 0 unspecified atom stereocenters. The Morgan fingerprint density at radius 3 is 2.37 bits per heavy atom. The molecular weight excluding hydrogens is 406 g/mol. The Balaban J connectivity index is 2.10. The van der Waals surface area contributed by atoms with Gasteiger partial charge in [0.25, 0.3) is 0 Å². The minimum atomic E-state index is -5.67. The van der Waals surface area contributed by atoms with Crippen LogP contribution >= 0.6 is 0 Å². The molecule has 2 rings (SSSR count). The van der Waals surface area contributed by atoms with Gasteiger partial charge in [-0.15, -0.1) is 6.42 Å². The van der Waals surface area contributed by atoms with Crippen molar-refractivity contribution in [2.45, 2.75) is 31.2 Å². The zero-order valence-electron chi connectivity index (χ0n) is 15.5. The normalized spacial score (nSPS) is 11.4. The van der Waals surface area contributed by atoms with Gasteiger partial charge in [-0.3, -0.25) is 15.6 Å². The molecule has 0 fully saturated rings. The Bertz CT molecular complexity index is 974. The first-order valence-electron chi connectivity index (χ1n) is 8.63. The number of rotatable bonds is 9. The van der Waals surface area contributed by atoms with Gasteiger partial charge in [-0.2, -0.15) is 22.1 Å². The van der Waals surface area contributed by atoms with Crippen molar-refractivity contribution in [3.05, 3.63) is 59.9 Å². The van der Waals surface area contributed by atoms with Crippen molar-refractivity contribution in [2.75, 3.05) is 5.43 Å². The molecule has 158 valence electrons. The van der Waals surface area contributed by atoms with Crippen molar-refractivity contribution in [1.29, 1.82) is 0 Å². The Morgan fingerprint density at radius 2 is 1.70 bits per heavy atom. The van der Waals surface area contributed by atoms with E-state index in [0.29, 0.717) is 24.9 Å². The number of para-hydroxylation sites is 1. The molecule has 0 aliphatic heterocycles. The molecule has 1 aromatic heterocycles. The van der Waals surface area contributed by atoms with Crippen LogP contribution in [0.2, 0.25) is 0 Å². The average Bonchev–Trinajstić information content (AvgIpc) is 2.71. The molecule has 0 radical (unpaired) electrons. The number of benzene rings is 1. The molecule has 0 saturated carbocycles. The molecule has 0 aliphatic rings. The van der Waals surface area contributed by atoms with Crippen molar-refractivity contribution in [3.63, 3.8) is 0 Å². The summed E-state index contributed by atoms with van der Waals surface area (Å²) in [6.45, 7) is 0.355. The van der Waals surface area contributed by atoms with Crippen LogP contribution < -0.4 is 20.5 Å². The van der Waals surface area contributed by atoms with E-state index in [-0.39, 0.29) is 5.69 Å². The van der Waals surface area contributed by atoms with Crippen LogP contribution in [0.3, 0.4) is 0 Å². The number of anilines is 1. The summed E-state index contributed by atoms with van der Waals surface area (Å²) >= 11 is 0. The number of carboxylic acids is 1. The molecule has 6 nitrogen and oxygen atoms in total. The van der Waals surface area contributed by atoms with Crippen molar-refractivity contribution >= 4 is 17.6 Å². The number of hydrogen-bond donors (Lipinski definition) is 2. The largest absolute Gasteiger partial charge is 0.544 e. The van der Waals surface area contributed by atoms with Gasteiger partial charge in [-0.05, 0) is 24.0 Å². The number of pyridine rings is 1. The van der Waals surface area contributed by atoms with E-state index in [9.17, 15) is 32.3 Å². The predicted molar refractivity (Wildman–Crippen MR) is 96.0 cm³/mol. The molecular formula is C20H17F4N3O3. The van der Waals surface area contributed by atoms with Gasteiger partial charge in [0.1, 0.15) is 5.97 Å². The standard InChI is InChI=1S/C20H17F4N3O3/c1-2-12-27-13-6-5-8-15(27)11-10-14-7-3-4-9-16(14)25-26-17(28)19(21,22)20(23,24)18(29)30/h1,3-9,13,25H,10-12H2,(H-,26,28,29,30). The fourth-order valence-electron chi connectivity index (χ4n) is 2.59. The molecule has 0 atom stereocenters. The average molecular weight is 423 g/mol. The van der Waals surface area contributed by atoms with E-state index in [4.69, 9.17) is 6.42 Å². The van der Waals surface area contributed by atoms with Gasteiger partial charge in [-0.1, -0.05) is 24.3 Å². The van der Waals surface area contributed by atoms with E-state index in [1.165, 1.54) is 17.6 Å². The van der Waals surface area contributed by atoms with Crippen LogP contribution in [0, 0.1) is 12.3 Å². The lowest BCUT2D eigenvalue weighted by Crippen LogP contribution is -2.61. The zero-order valence-corrected chi connectivity index (χ0v) is 15.5. The smallest absolute Gasteiger partial charge is 0.393 e. The number of aryl methyl sites for hydroxylation is 2. The summed E-state index contributed by atoms with van der Waals surface area (Å²) in [4.78, 5) is 21.7. The molecule has 0 saturated heterocycles. The topological polar surface area (TPSA) is 85.1 Å². The van der Waals surface area contributed by atoms with Crippen LogP contribution in [-0.4, -0.2) is 23.7 Å². The fourth-order valence-corrected chi connectivity index (χ4v) is 2.59. The summed E-state index contributed by atoms with van der Waals surface area (Å²) in [5.41, 5.74) is 5.23. The number of terminal acetylenes is 1. The van der Waals surface area contributed by atoms with E-state index >= 15 is 0 Å². The minimum Gasteiger partial charge on any atom is -0.544 e. The van der Waals surface area contributed by atoms with Crippen LogP contribution in [-0.2, 0) is 29.0 Å². The number of nitrogens with zero attached hydrogens (tertiary/aromatic N) is 1. The first-order chi connectivity index (χ1) is 14.1. The van der Waals surface area contributed by atoms with Gasteiger partial charge < -0.3 is 9.90 Å². The van der Waals surface area contributed by atoms with Gasteiger partial charge in [0.15, 0.2) is 11.9 Å². The number of aliphatic carboxylic acids is 1. The first-order valence-corrected chi connectivity index (χ1v) is 8.63. The number of carboxylic acid groups (broad SMARTS) is 1. The summed E-state index contributed by atoms with van der Waals surface area (Å²) in [6.07, 6.45) is 8.05. The van der Waals surface area contributed by atoms with E-state index in [2.05, 4.69) is 11.3 Å². The van der Waals surface area contributed by atoms with Crippen LogP contribution in [0.5, 0.6) is 0 Å². The lowest BCUT2D eigenvalue weighted by Gasteiger charge is -2.26. The number of halogens is 4.